The van der Waals surface area contributed by atoms with Crippen molar-refractivity contribution >= 4 is 23.0 Å². The molecule has 0 radical (unpaired) electrons. The fourth-order valence-corrected chi connectivity index (χ4v) is 2.88. The fraction of sp³-hybridized carbons (Fsp3) is 0.571. The standard InChI is InChI=1S/C14H21N3S/c1-3-17(12-6-4-5-7-12)13-9-11(14(15)18)8-10(2)16-13/h8-9,12H,3-7H2,1-2H3,(H2,15,18). The number of thiocarbonyl (C=S) groups is 1. The number of hydrogen-bond donors (Lipinski definition) is 1. The number of aryl methyl sites for hydroxylation is 1. The number of hydrogen-bond acceptors (Lipinski definition) is 3. The molecule has 1 heterocycles. The number of aromatic nitrogens is 1. The minimum Gasteiger partial charge on any atom is -0.389 e. The van der Waals surface area contributed by atoms with E-state index < -0.39 is 0 Å². The predicted molar refractivity (Wildman–Crippen MR) is 80.1 cm³/mol. The summed E-state index contributed by atoms with van der Waals surface area (Å²) in [5, 5.41) is 0. The highest BCUT2D eigenvalue weighted by Gasteiger charge is 2.22. The van der Waals surface area contributed by atoms with Crippen LogP contribution in [-0.2, 0) is 0 Å². The number of nitrogens with two attached hydrogens (primary N) is 1. The first-order valence-electron chi connectivity index (χ1n) is 6.67. The molecule has 0 saturated heterocycles. The van der Waals surface area contributed by atoms with Crippen molar-refractivity contribution in [2.24, 2.45) is 5.73 Å². The minimum absolute atomic E-state index is 0.448. The molecule has 1 aromatic rings. The second kappa shape index (κ2) is 5.65. The van der Waals surface area contributed by atoms with Crippen molar-refractivity contribution in [3.8, 4) is 0 Å². The summed E-state index contributed by atoms with van der Waals surface area (Å²) in [6, 6.07) is 4.61. The van der Waals surface area contributed by atoms with E-state index in [1.807, 2.05) is 19.1 Å². The van der Waals surface area contributed by atoms with Crippen LogP contribution in [0, 0.1) is 6.92 Å². The Labute approximate surface area is 114 Å². The summed E-state index contributed by atoms with van der Waals surface area (Å²) in [5.74, 6) is 1.02. The van der Waals surface area contributed by atoms with Gasteiger partial charge in [0.25, 0.3) is 0 Å². The van der Waals surface area contributed by atoms with Crippen LogP contribution in [0.5, 0.6) is 0 Å². The first-order chi connectivity index (χ1) is 8.61. The van der Waals surface area contributed by atoms with Crippen LogP contribution in [0.15, 0.2) is 12.1 Å². The highest BCUT2D eigenvalue weighted by atomic mass is 32.1. The molecule has 2 N–H and O–H groups in total. The maximum Gasteiger partial charge on any atom is 0.129 e. The molecule has 1 aliphatic rings. The summed E-state index contributed by atoms with van der Waals surface area (Å²) >= 11 is 5.07. The van der Waals surface area contributed by atoms with E-state index in [0.717, 1.165) is 23.6 Å². The highest BCUT2D eigenvalue weighted by Crippen LogP contribution is 2.27. The lowest BCUT2D eigenvalue weighted by Crippen LogP contribution is -2.34. The van der Waals surface area contributed by atoms with E-state index in [9.17, 15) is 0 Å². The van der Waals surface area contributed by atoms with Crippen LogP contribution in [0.4, 0.5) is 5.82 Å². The maximum absolute atomic E-state index is 5.73. The van der Waals surface area contributed by atoms with E-state index >= 15 is 0 Å². The van der Waals surface area contributed by atoms with Gasteiger partial charge in [0.1, 0.15) is 10.8 Å². The normalized spacial score (nSPS) is 15.9. The summed E-state index contributed by atoms with van der Waals surface area (Å²) in [7, 11) is 0. The Morgan fingerprint density at radius 3 is 2.67 bits per heavy atom. The van der Waals surface area contributed by atoms with Gasteiger partial charge in [0.2, 0.25) is 0 Å². The summed E-state index contributed by atoms with van der Waals surface area (Å²) in [6.45, 7) is 5.16. The van der Waals surface area contributed by atoms with E-state index in [4.69, 9.17) is 18.0 Å². The predicted octanol–water partition coefficient (Wildman–Crippen LogP) is 2.79. The summed E-state index contributed by atoms with van der Waals surface area (Å²) < 4.78 is 0. The molecule has 1 aliphatic carbocycles. The molecule has 98 valence electrons. The number of anilines is 1. The lowest BCUT2D eigenvalue weighted by Gasteiger charge is -2.29. The van der Waals surface area contributed by atoms with Crippen LogP contribution in [0.25, 0.3) is 0 Å². The third kappa shape index (κ3) is 2.80. The molecule has 0 aromatic carbocycles. The van der Waals surface area contributed by atoms with E-state index in [0.29, 0.717) is 11.0 Å². The lowest BCUT2D eigenvalue weighted by molar-refractivity contribution is 0.612. The molecule has 0 unspecified atom stereocenters. The Kier molecular flexibility index (Phi) is 4.17. The topological polar surface area (TPSA) is 42.1 Å². The second-order valence-corrected chi connectivity index (χ2v) is 5.38. The molecule has 4 heteroatoms. The van der Waals surface area contributed by atoms with Crippen LogP contribution < -0.4 is 10.6 Å². The van der Waals surface area contributed by atoms with Gasteiger partial charge < -0.3 is 10.6 Å². The van der Waals surface area contributed by atoms with Crippen molar-refractivity contribution < 1.29 is 0 Å². The van der Waals surface area contributed by atoms with Gasteiger partial charge in [-0.1, -0.05) is 25.1 Å². The molecule has 0 bridgehead atoms. The Balaban J connectivity index is 2.32. The maximum atomic E-state index is 5.73. The van der Waals surface area contributed by atoms with Crippen molar-refractivity contribution in [1.82, 2.24) is 4.98 Å². The van der Waals surface area contributed by atoms with Gasteiger partial charge in [-0.25, -0.2) is 4.98 Å². The largest absolute Gasteiger partial charge is 0.389 e. The SMILES string of the molecule is CCN(c1cc(C(N)=S)cc(C)n1)C1CCCC1. The number of nitrogens with zero attached hydrogens (tertiary/aromatic N) is 2. The Morgan fingerprint density at radius 1 is 1.44 bits per heavy atom. The Morgan fingerprint density at radius 2 is 2.11 bits per heavy atom. The van der Waals surface area contributed by atoms with E-state index in [2.05, 4.69) is 16.8 Å². The molecule has 0 spiro atoms. The first-order valence-corrected chi connectivity index (χ1v) is 7.07. The summed E-state index contributed by atoms with van der Waals surface area (Å²) in [4.78, 5) is 7.48. The van der Waals surface area contributed by atoms with Gasteiger partial charge in [0.15, 0.2) is 0 Å². The van der Waals surface area contributed by atoms with E-state index in [1.165, 1.54) is 25.7 Å². The molecule has 18 heavy (non-hydrogen) atoms. The molecule has 1 fully saturated rings. The van der Waals surface area contributed by atoms with E-state index in [1.54, 1.807) is 0 Å². The van der Waals surface area contributed by atoms with Gasteiger partial charge in [-0.05, 0) is 38.8 Å². The molecule has 0 amide bonds. The Hall–Kier alpha value is -1.16. The van der Waals surface area contributed by atoms with Crippen molar-refractivity contribution in [2.45, 2.75) is 45.6 Å². The zero-order valence-electron chi connectivity index (χ0n) is 11.1. The van der Waals surface area contributed by atoms with Crippen LogP contribution in [0.2, 0.25) is 0 Å². The first kappa shape index (κ1) is 13.3. The van der Waals surface area contributed by atoms with Crippen LogP contribution in [0.1, 0.15) is 43.9 Å². The van der Waals surface area contributed by atoms with Crippen molar-refractivity contribution in [1.29, 1.82) is 0 Å². The molecule has 1 aromatic heterocycles. The lowest BCUT2D eigenvalue weighted by atomic mass is 10.1. The van der Waals surface area contributed by atoms with E-state index in [-0.39, 0.29) is 0 Å². The van der Waals surface area contributed by atoms with Gasteiger partial charge in [0.05, 0.1) is 0 Å². The highest BCUT2D eigenvalue weighted by molar-refractivity contribution is 7.80. The molecular weight excluding hydrogens is 242 g/mol. The van der Waals surface area contributed by atoms with Crippen LogP contribution in [0.3, 0.4) is 0 Å². The monoisotopic (exact) mass is 263 g/mol. The third-order valence-electron chi connectivity index (χ3n) is 3.62. The average molecular weight is 263 g/mol. The van der Waals surface area contributed by atoms with Crippen molar-refractivity contribution in [3.05, 3.63) is 23.4 Å². The zero-order valence-corrected chi connectivity index (χ0v) is 12.0. The molecule has 0 atom stereocenters. The number of pyridine rings is 1. The second-order valence-electron chi connectivity index (χ2n) is 4.94. The molecule has 2 rings (SSSR count). The molecule has 0 aliphatic heterocycles. The Bertz CT molecular complexity index is 439. The summed E-state index contributed by atoms with van der Waals surface area (Å²) in [5.41, 5.74) is 7.63. The van der Waals surface area contributed by atoms with Gasteiger partial charge in [-0.3, -0.25) is 0 Å². The quantitative estimate of drug-likeness (QED) is 0.848. The molecular formula is C14H21N3S. The van der Waals surface area contributed by atoms with Crippen LogP contribution in [-0.4, -0.2) is 22.6 Å². The average Bonchev–Trinajstić information content (AvgIpc) is 2.83. The molecule has 3 nitrogen and oxygen atoms in total. The minimum atomic E-state index is 0.448. The molecule has 1 saturated carbocycles. The summed E-state index contributed by atoms with van der Waals surface area (Å²) in [6.07, 6.45) is 5.20. The fourth-order valence-electron chi connectivity index (χ4n) is 2.76. The van der Waals surface area contributed by atoms with Gasteiger partial charge >= 0.3 is 0 Å². The van der Waals surface area contributed by atoms with Gasteiger partial charge in [-0.2, -0.15) is 0 Å². The smallest absolute Gasteiger partial charge is 0.129 e. The van der Waals surface area contributed by atoms with Gasteiger partial charge in [-0.15, -0.1) is 0 Å². The van der Waals surface area contributed by atoms with Gasteiger partial charge in [0, 0.05) is 23.8 Å². The van der Waals surface area contributed by atoms with Crippen molar-refractivity contribution in [3.63, 3.8) is 0 Å². The number of rotatable bonds is 4. The third-order valence-corrected chi connectivity index (χ3v) is 3.86. The van der Waals surface area contributed by atoms with Crippen LogP contribution >= 0.6 is 12.2 Å². The zero-order chi connectivity index (χ0) is 13.1. The van der Waals surface area contributed by atoms with Crippen molar-refractivity contribution in [2.75, 3.05) is 11.4 Å².